The minimum atomic E-state index is -0.535. The van der Waals surface area contributed by atoms with Gasteiger partial charge < -0.3 is 11.1 Å². The Hall–Kier alpha value is -2.50. The third kappa shape index (κ3) is 2.54. The first-order chi connectivity index (χ1) is 8.16. The van der Waals surface area contributed by atoms with Crippen LogP contribution in [0.5, 0.6) is 0 Å². The van der Waals surface area contributed by atoms with Crippen LogP contribution in [0.1, 0.15) is 16.1 Å². The summed E-state index contributed by atoms with van der Waals surface area (Å²) in [5.41, 5.74) is 6.02. The molecule has 2 aromatic heterocycles. The predicted molar refractivity (Wildman–Crippen MR) is 62.8 cm³/mol. The van der Waals surface area contributed by atoms with Crippen molar-refractivity contribution in [2.45, 2.75) is 6.92 Å². The summed E-state index contributed by atoms with van der Waals surface area (Å²) in [6.45, 7) is 1.70. The lowest BCUT2D eigenvalue weighted by Crippen LogP contribution is -2.14. The molecule has 0 aliphatic carbocycles. The number of nitrogens with zero attached hydrogens (tertiary/aromatic N) is 3. The summed E-state index contributed by atoms with van der Waals surface area (Å²) in [6.07, 6.45) is 3.06. The van der Waals surface area contributed by atoms with Gasteiger partial charge in [-0.1, -0.05) is 6.07 Å². The first kappa shape index (κ1) is 11.0. The third-order valence-corrected chi connectivity index (χ3v) is 2.15. The molecule has 0 radical (unpaired) electrons. The van der Waals surface area contributed by atoms with Gasteiger partial charge in [0.05, 0.1) is 11.3 Å². The number of nitrogens with two attached hydrogens (primary N) is 1. The molecule has 0 aromatic carbocycles. The van der Waals surface area contributed by atoms with Crippen LogP contribution in [-0.2, 0) is 0 Å². The second-order valence-electron chi connectivity index (χ2n) is 3.40. The van der Waals surface area contributed by atoms with E-state index in [2.05, 4.69) is 20.3 Å². The van der Waals surface area contributed by atoms with Crippen molar-refractivity contribution in [2.75, 3.05) is 5.32 Å². The van der Waals surface area contributed by atoms with Crippen molar-refractivity contribution in [3.8, 4) is 0 Å². The number of anilines is 2. The first-order valence-electron chi connectivity index (χ1n) is 4.98. The highest BCUT2D eigenvalue weighted by atomic mass is 16.1. The zero-order valence-corrected chi connectivity index (χ0v) is 9.21. The van der Waals surface area contributed by atoms with Gasteiger partial charge in [-0.05, 0) is 19.1 Å². The maximum atomic E-state index is 11.0. The Bertz CT molecular complexity index is 541. The van der Waals surface area contributed by atoms with Crippen LogP contribution in [0.3, 0.4) is 0 Å². The number of amides is 1. The van der Waals surface area contributed by atoms with Gasteiger partial charge in [-0.3, -0.25) is 4.79 Å². The number of aryl methyl sites for hydroxylation is 1. The summed E-state index contributed by atoms with van der Waals surface area (Å²) in [7, 11) is 0. The molecule has 0 aliphatic heterocycles. The van der Waals surface area contributed by atoms with Crippen LogP contribution >= 0.6 is 0 Å². The molecule has 6 heteroatoms. The van der Waals surface area contributed by atoms with E-state index >= 15 is 0 Å². The molecule has 0 spiro atoms. The van der Waals surface area contributed by atoms with Gasteiger partial charge in [0.25, 0.3) is 5.91 Å². The average Bonchev–Trinajstić information content (AvgIpc) is 2.30. The third-order valence-electron chi connectivity index (χ3n) is 2.15. The van der Waals surface area contributed by atoms with Crippen molar-refractivity contribution >= 4 is 17.7 Å². The summed E-state index contributed by atoms with van der Waals surface area (Å²) >= 11 is 0. The van der Waals surface area contributed by atoms with E-state index in [1.165, 1.54) is 6.20 Å². The van der Waals surface area contributed by atoms with Gasteiger partial charge in [-0.2, -0.15) is 0 Å². The molecule has 0 aliphatic rings. The molecule has 0 unspecified atom stereocenters. The van der Waals surface area contributed by atoms with Gasteiger partial charge in [0.2, 0.25) is 5.95 Å². The monoisotopic (exact) mass is 229 g/mol. The van der Waals surface area contributed by atoms with E-state index in [0.29, 0.717) is 23.0 Å². The highest BCUT2D eigenvalue weighted by molar-refractivity contribution is 5.93. The van der Waals surface area contributed by atoms with Crippen molar-refractivity contribution < 1.29 is 4.79 Å². The number of rotatable bonds is 3. The summed E-state index contributed by atoms with van der Waals surface area (Å²) in [6, 6.07) is 5.45. The summed E-state index contributed by atoms with van der Waals surface area (Å²) < 4.78 is 0. The fraction of sp³-hybridized carbons (Fsp3) is 0.0909. The molecule has 6 nitrogen and oxygen atoms in total. The molecule has 0 saturated heterocycles. The van der Waals surface area contributed by atoms with Crippen molar-refractivity contribution in [1.29, 1.82) is 0 Å². The normalized spacial score (nSPS) is 9.94. The standard InChI is InChI=1S/C11H11N5O/c1-7-8(10(12)17)6-14-11(15-7)16-9-4-2-3-5-13-9/h2-6H,1H3,(H2,12,17)(H,13,14,15,16). The van der Waals surface area contributed by atoms with E-state index in [1.807, 2.05) is 12.1 Å². The number of primary amides is 1. The maximum Gasteiger partial charge on any atom is 0.252 e. The summed E-state index contributed by atoms with van der Waals surface area (Å²) in [5, 5.41) is 2.93. The molecular formula is C11H11N5O. The number of carbonyl (C=O) groups is 1. The smallest absolute Gasteiger partial charge is 0.252 e. The van der Waals surface area contributed by atoms with Crippen LogP contribution in [0, 0.1) is 6.92 Å². The largest absolute Gasteiger partial charge is 0.365 e. The van der Waals surface area contributed by atoms with Gasteiger partial charge in [0.15, 0.2) is 0 Å². The highest BCUT2D eigenvalue weighted by Crippen LogP contribution is 2.10. The molecule has 0 fully saturated rings. The van der Waals surface area contributed by atoms with Gasteiger partial charge in [0.1, 0.15) is 5.82 Å². The number of hydrogen-bond donors (Lipinski definition) is 2. The second-order valence-corrected chi connectivity index (χ2v) is 3.40. The van der Waals surface area contributed by atoms with E-state index in [9.17, 15) is 4.79 Å². The summed E-state index contributed by atoms with van der Waals surface area (Å²) in [4.78, 5) is 23.2. The summed E-state index contributed by atoms with van der Waals surface area (Å²) in [5.74, 6) is 0.483. The first-order valence-corrected chi connectivity index (χ1v) is 4.98. The van der Waals surface area contributed by atoms with Crippen LogP contribution in [0.4, 0.5) is 11.8 Å². The molecule has 0 bridgehead atoms. The number of aromatic nitrogens is 3. The van der Waals surface area contributed by atoms with Crippen molar-refractivity contribution in [1.82, 2.24) is 15.0 Å². The van der Waals surface area contributed by atoms with Crippen molar-refractivity contribution in [3.63, 3.8) is 0 Å². The lowest BCUT2D eigenvalue weighted by atomic mass is 10.2. The van der Waals surface area contributed by atoms with E-state index in [-0.39, 0.29) is 0 Å². The maximum absolute atomic E-state index is 11.0. The lowest BCUT2D eigenvalue weighted by Gasteiger charge is -2.05. The molecule has 86 valence electrons. The number of hydrogen-bond acceptors (Lipinski definition) is 5. The number of pyridine rings is 1. The molecule has 3 N–H and O–H groups in total. The lowest BCUT2D eigenvalue weighted by molar-refractivity contribution is 0.0999. The minimum Gasteiger partial charge on any atom is -0.365 e. The zero-order chi connectivity index (χ0) is 12.3. The Morgan fingerprint density at radius 2 is 2.18 bits per heavy atom. The van der Waals surface area contributed by atoms with E-state index in [0.717, 1.165) is 0 Å². The zero-order valence-electron chi connectivity index (χ0n) is 9.21. The van der Waals surface area contributed by atoms with E-state index < -0.39 is 5.91 Å². The van der Waals surface area contributed by atoms with E-state index in [4.69, 9.17) is 5.73 Å². The van der Waals surface area contributed by atoms with Crippen LogP contribution in [-0.4, -0.2) is 20.9 Å². The quantitative estimate of drug-likeness (QED) is 0.819. The Balaban J connectivity index is 2.24. The molecule has 0 saturated carbocycles. The van der Waals surface area contributed by atoms with Gasteiger partial charge >= 0.3 is 0 Å². The Morgan fingerprint density at radius 1 is 1.35 bits per heavy atom. The Labute approximate surface area is 97.9 Å². The van der Waals surface area contributed by atoms with Crippen LogP contribution in [0.2, 0.25) is 0 Å². The van der Waals surface area contributed by atoms with E-state index in [1.54, 1.807) is 19.2 Å². The van der Waals surface area contributed by atoms with Gasteiger partial charge in [-0.25, -0.2) is 15.0 Å². The Kier molecular flexibility index (Phi) is 2.95. The number of nitrogens with one attached hydrogen (secondary N) is 1. The molecule has 0 atom stereocenters. The average molecular weight is 229 g/mol. The minimum absolute atomic E-state index is 0.316. The molecule has 1 amide bonds. The topological polar surface area (TPSA) is 93.8 Å². The SMILES string of the molecule is Cc1nc(Nc2ccccn2)ncc1C(N)=O. The second kappa shape index (κ2) is 4.56. The van der Waals surface area contributed by atoms with Gasteiger partial charge in [0, 0.05) is 12.4 Å². The fourth-order valence-corrected chi connectivity index (χ4v) is 1.32. The fourth-order valence-electron chi connectivity index (χ4n) is 1.32. The molecule has 2 heterocycles. The molecule has 2 aromatic rings. The number of carbonyl (C=O) groups excluding carboxylic acids is 1. The Morgan fingerprint density at radius 3 is 2.76 bits per heavy atom. The molecule has 17 heavy (non-hydrogen) atoms. The van der Waals surface area contributed by atoms with Crippen molar-refractivity contribution in [2.24, 2.45) is 5.73 Å². The van der Waals surface area contributed by atoms with Crippen LogP contribution in [0.15, 0.2) is 30.6 Å². The molecule has 2 rings (SSSR count). The van der Waals surface area contributed by atoms with Crippen LogP contribution < -0.4 is 11.1 Å². The molecular weight excluding hydrogens is 218 g/mol. The predicted octanol–water partition coefficient (Wildman–Crippen LogP) is 1.02. The van der Waals surface area contributed by atoms with Crippen LogP contribution in [0.25, 0.3) is 0 Å². The van der Waals surface area contributed by atoms with Gasteiger partial charge in [-0.15, -0.1) is 0 Å². The highest BCUT2D eigenvalue weighted by Gasteiger charge is 2.08. The van der Waals surface area contributed by atoms with Crippen molar-refractivity contribution in [3.05, 3.63) is 41.9 Å².